The average Bonchev–Trinajstić information content (AvgIpc) is 3.54. The molecule has 17 heteroatoms. The monoisotopic (exact) mass is 1410 g/mol. The summed E-state index contributed by atoms with van der Waals surface area (Å²) in [5, 5.41) is 0.952. The van der Waals surface area contributed by atoms with Crippen LogP contribution in [0.2, 0.25) is 0 Å². The minimum atomic E-state index is -0.358. The molecule has 10 nitrogen and oxygen atoms in total. The van der Waals surface area contributed by atoms with Crippen LogP contribution in [-0.4, -0.2) is 88.6 Å². The van der Waals surface area contributed by atoms with E-state index in [2.05, 4.69) is 139 Å². The van der Waals surface area contributed by atoms with Gasteiger partial charge in [-0.05, 0) is 103 Å². The van der Waals surface area contributed by atoms with Gasteiger partial charge in [0.05, 0.1) is 21.5 Å². The van der Waals surface area contributed by atoms with Crippen LogP contribution in [0.1, 0.15) is 125 Å². The lowest BCUT2D eigenvalue weighted by molar-refractivity contribution is -0.106. The van der Waals surface area contributed by atoms with E-state index in [9.17, 15) is 13.2 Å². The molecule has 7 rings (SSSR count). The topological polar surface area (TPSA) is 107 Å². The lowest BCUT2D eigenvalue weighted by Gasteiger charge is -2.23. The Morgan fingerprint density at radius 1 is 0.443 bits per heavy atom. The maximum Gasteiger partial charge on any atom is 0.184 e. The van der Waals surface area contributed by atoms with Crippen LogP contribution in [0.5, 0.6) is 0 Å². The molecule has 4 heterocycles. The third-order valence-electron chi connectivity index (χ3n) is 9.51. The van der Waals surface area contributed by atoms with Gasteiger partial charge in [-0.1, -0.05) is 178 Å². The summed E-state index contributed by atoms with van der Waals surface area (Å²) in [6, 6.07) is 40.7. The molecule has 1 atom stereocenters. The number of ether oxygens (including phenoxy) is 6. The fourth-order valence-electron chi connectivity index (χ4n) is 6.39. The Hall–Kier alpha value is -4.02. The SMILES string of the molecule is BrCc1ccccc1.Brc1cccnc1.C.CC.CC.CC.CF.CF.CF.COC(OC)c1ccncc1Br.COC(OC)c1ccncc1C(CCI)c1ccccc1.COC(OC)c1ccncc1Cc1ccccc1. The van der Waals surface area contributed by atoms with Gasteiger partial charge in [-0.15, -0.1) is 0 Å². The Balaban J connectivity index is -0.000000286. The Morgan fingerprint density at radius 3 is 1.23 bits per heavy atom. The van der Waals surface area contributed by atoms with Crippen molar-refractivity contribution in [2.45, 2.75) is 91.9 Å². The maximum atomic E-state index is 9.50. The molecule has 0 spiro atoms. The molecule has 0 aliphatic heterocycles. The summed E-state index contributed by atoms with van der Waals surface area (Å²) in [7, 11) is 11.3. The Kier molecular flexibility index (Phi) is 65.3. The molecule has 0 N–H and O–H groups in total. The van der Waals surface area contributed by atoms with Gasteiger partial charge in [0, 0.05) is 134 Å². The lowest BCUT2D eigenvalue weighted by atomic mass is 9.87. The quantitative estimate of drug-likeness (QED) is 0.0527. The second kappa shape index (κ2) is 61.6. The Bertz CT molecular complexity index is 2300. The van der Waals surface area contributed by atoms with Crippen LogP contribution in [0.3, 0.4) is 0 Å². The van der Waals surface area contributed by atoms with Crippen LogP contribution < -0.4 is 0 Å². The summed E-state index contributed by atoms with van der Waals surface area (Å²) in [6.45, 7) is 12.0. The number of pyridine rings is 4. The molecule has 0 aliphatic carbocycles. The number of rotatable bonds is 16. The largest absolute Gasteiger partial charge is 0.352 e. The average molecular weight is 1410 g/mol. The molecule has 0 amide bonds. The van der Waals surface area contributed by atoms with Crippen molar-refractivity contribution >= 4 is 70.4 Å². The molecule has 0 saturated carbocycles. The highest BCUT2D eigenvalue weighted by atomic mass is 127. The zero-order valence-electron chi connectivity index (χ0n) is 48.2. The zero-order valence-corrected chi connectivity index (χ0v) is 55.1. The maximum absolute atomic E-state index is 9.50. The molecule has 0 radical (unpaired) electrons. The second-order valence-electron chi connectivity index (χ2n) is 13.8. The minimum absolute atomic E-state index is 0. The van der Waals surface area contributed by atoms with E-state index in [0.717, 1.165) is 53.8 Å². The van der Waals surface area contributed by atoms with E-state index < -0.39 is 0 Å². The molecule has 0 fully saturated rings. The van der Waals surface area contributed by atoms with Crippen molar-refractivity contribution in [2.24, 2.45) is 0 Å². The first-order chi connectivity index (χ1) is 38.3. The predicted molar refractivity (Wildman–Crippen MR) is 345 cm³/mol. The first-order valence-corrected chi connectivity index (χ1v) is 29.1. The zero-order chi connectivity index (χ0) is 59.8. The van der Waals surface area contributed by atoms with Crippen LogP contribution in [0.4, 0.5) is 13.2 Å². The second-order valence-corrected chi connectivity index (χ2v) is 17.2. The van der Waals surface area contributed by atoms with E-state index in [1.165, 1.54) is 22.3 Å². The van der Waals surface area contributed by atoms with Gasteiger partial charge < -0.3 is 28.4 Å². The van der Waals surface area contributed by atoms with Crippen LogP contribution in [0.15, 0.2) is 180 Å². The third-order valence-corrected chi connectivity index (χ3v) is 11.9. The van der Waals surface area contributed by atoms with E-state index in [0.29, 0.717) is 27.5 Å². The fraction of sp³-hybridized carbons (Fsp3) is 0.387. The smallest absolute Gasteiger partial charge is 0.184 e. The van der Waals surface area contributed by atoms with Crippen LogP contribution in [0.25, 0.3) is 0 Å². The molecule has 79 heavy (non-hydrogen) atoms. The van der Waals surface area contributed by atoms with Crippen molar-refractivity contribution in [3.63, 3.8) is 0 Å². The first kappa shape index (κ1) is 83.8. The van der Waals surface area contributed by atoms with Gasteiger partial charge in [0.2, 0.25) is 0 Å². The standard InChI is InChI=1S/C17H20INO2.C15H17NO2.C8H10BrNO2.C7H7Br.C5H4BrN.3C2H6.3CH3F.CH4/c1-20-17(21-2)15-9-11-19-12-16(15)14(8-10-18)13-6-4-3-5-7-13;1-17-15(18-2)14-8-9-16-11-13(14)10-12-6-4-3-5-7-12;1-11-8(12-2)6-3-4-10-5-7(6)9;8-6-7-4-2-1-3-5-7;6-5-2-1-3-7-4-5;6*1-2;/h3-7,9,11-12,14,17H,8,10H2,1-2H3;3-9,11,15H,10H2,1-2H3;3-5,8H,1-2H3;1-5H,6H2;1-4H;3*1-2H3;3*1H3;1H4. The van der Waals surface area contributed by atoms with Crippen molar-refractivity contribution in [3.8, 4) is 0 Å². The van der Waals surface area contributed by atoms with Crippen molar-refractivity contribution in [3.05, 3.63) is 224 Å². The van der Waals surface area contributed by atoms with Crippen molar-refractivity contribution in [2.75, 3.05) is 68.6 Å². The molecule has 7 aromatic rings. The third kappa shape index (κ3) is 36.9. The van der Waals surface area contributed by atoms with Crippen molar-refractivity contribution in [1.29, 1.82) is 0 Å². The number of hydrogen-bond acceptors (Lipinski definition) is 10. The van der Waals surface area contributed by atoms with Crippen molar-refractivity contribution < 1.29 is 41.6 Å². The van der Waals surface area contributed by atoms with Gasteiger partial charge >= 0.3 is 0 Å². The van der Waals surface area contributed by atoms with E-state index in [4.69, 9.17) is 28.4 Å². The van der Waals surface area contributed by atoms with Crippen LogP contribution >= 0.6 is 70.4 Å². The van der Waals surface area contributed by atoms with Gasteiger partial charge in [-0.2, -0.15) is 0 Å². The number of methoxy groups -OCH3 is 6. The predicted octanol–water partition coefficient (Wildman–Crippen LogP) is 19.3. The molecule has 0 saturated heterocycles. The Morgan fingerprint density at radius 2 is 0.835 bits per heavy atom. The summed E-state index contributed by atoms with van der Waals surface area (Å²) in [5.41, 5.74) is 9.19. The molecule has 3 aromatic carbocycles. The molecule has 0 bridgehead atoms. The first-order valence-electron chi connectivity index (χ1n) is 24.8. The van der Waals surface area contributed by atoms with Gasteiger partial charge in [-0.3, -0.25) is 33.1 Å². The van der Waals surface area contributed by atoms with Crippen LogP contribution in [0, 0.1) is 0 Å². The number of hydrogen-bond donors (Lipinski definition) is 0. The molecule has 0 aliphatic rings. The number of nitrogens with zero attached hydrogens (tertiary/aromatic N) is 4. The number of alkyl halides is 5. The summed E-state index contributed by atoms with van der Waals surface area (Å²) in [6.07, 6.45) is 15.1. The lowest BCUT2D eigenvalue weighted by Crippen LogP contribution is -2.12. The summed E-state index contributed by atoms with van der Waals surface area (Å²) in [4.78, 5) is 16.3. The summed E-state index contributed by atoms with van der Waals surface area (Å²) < 4.78 is 63.2. The van der Waals surface area contributed by atoms with Gasteiger partial charge in [0.15, 0.2) is 18.9 Å². The minimum Gasteiger partial charge on any atom is -0.352 e. The van der Waals surface area contributed by atoms with Crippen LogP contribution in [-0.2, 0) is 40.2 Å². The highest BCUT2D eigenvalue weighted by molar-refractivity contribution is 14.1. The fourth-order valence-corrected chi connectivity index (χ4v) is 8.09. The summed E-state index contributed by atoms with van der Waals surface area (Å²) >= 11 is 12.4. The van der Waals surface area contributed by atoms with Gasteiger partial charge in [0.25, 0.3) is 0 Å². The molecular formula is C62H89Br3F3IN4O6. The molecule has 4 aromatic heterocycles. The highest BCUT2D eigenvalue weighted by Crippen LogP contribution is 2.34. The molecule has 442 valence electrons. The van der Waals surface area contributed by atoms with E-state index >= 15 is 0 Å². The van der Waals surface area contributed by atoms with E-state index in [1.807, 2.05) is 127 Å². The number of halogens is 7. The number of aromatic nitrogens is 4. The normalized spacial score (nSPS) is 9.58. The molecular weight excluding hydrogens is 1320 g/mol. The molecule has 1 unspecified atom stereocenters. The van der Waals surface area contributed by atoms with Gasteiger partial charge in [-0.25, -0.2) is 0 Å². The van der Waals surface area contributed by atoms with E-state index in [-0.39, 0.29) is 26.3 Å². The van der Waals surface area contributed by atoms with Gasteiger partial charge in [0.1, 0.15) is 0 Å². The van der Waals surface area contributed by atoms with E-state index in [1.54, 1.807) is 79.8 Å². The Labute approximate surface area is 513 Å². The van der Waals surface area contributed by atoms with Crippen molar-refractivity contribution in [1.82, 2.24) is 19.9 Å². The number of benzene rings is 3. The summed E-state index contributed by atoms with van der Waals surface area (Å²) in [5.74, 6) is 0.305. The highest BCUT2D eigenvalue weighted by Gasteiger charge is 2.22.